The largest absolute Gasteiger partial charge is 0.483 e. The van der Waals surface area contributed by atoms with Crippen LogP contribution in [0.3, 0.4) is 0 Å². The van der Waals surface area contributed by atoms with Gasteiger partial charge < -0.3 is 9.47 Å². The number of benzene rings is 2. The molecule has 11 heteroatoms. The van der Waals surface area contributed by atoms with Crippen LogP contribution in [-0.4, -0.2) is 35.7 Å². The van der Waals surface area contributed by atoms with Crippen LogP contribution in [-0.2, 0) is 20.9 Å². The van der Waals surface area contributed by atoms with Gasteiger partial charge in [0.05, 0.1) is 16.5 Å². The molecule has 0 aliphatic heterocycles. The van der Waals surface area contributed by atoms with Crippen LogP contribution in [0.2, 0.25) is 0 Å². The fourth-order valence-electron chi connectivity index (χ4n) is 3.39. The summed E-state index contributed by atoms with van der Waals surface area (Å²) in [6.07, 6.45) is 1.06. The zero-order valence-electron chi connectivity index (χ0n) is 17.0. The Balaban J connectivity index is 2.11. The van der Waals surface area contributed by atoms with Gasteiger partial charge in [-0.15, -0.1) is 0 Å². The molecule has 1 aliphatic rings. The van der Waals surface area contributed by atoms with Gasteiger partial charge in [0.1, 0.15) is 17.3 Å². The maximum absolute atomic E-state index is 13.8. The van der Waals surface area contributed by atoms with E-state index in [1.165, 1.54) is 19.2 Å². The lowest BCUT2D eigenvalue weighted by molar-refractivity contribution is -0.0406. The molecule has 0 amide bonds. The van der Waals surface area contributed by atoms with Gasteiger partial charge in [-0.2, -0.15) is 18.4 Å². The molecule has 0 heterocycles. The highest BCUT2D eigenvalue weighted by Crippen LogP contribution is 2.42. The normalized spacial score (nSPS) is 16.4. The molecule has 0 radical (unpaired) electrons. The molecule has 2 aromatic rings. The molecule has 0 fully saturated rings. The van der Waals surface area contributed by atoms with Gasteiger partial charge in [0, 0.05) is 43.2 Å². The second-order valence-electron chi connectivity index (χ2n) is 6.98. The van der Waals surface area contributed by atoms with E-state index in [2.05, 4.69) is 4.99 Å². The average molecular weight is 469 g/mol. The highest BCUT2D eigenvalue weighted by atomic mass is 32.2. The van der Waals surface area contributed by atoms with Gasteiger partial charge in [-0.05, 0) is 43.5 Å². The Hall–Kier alpha value is -2.97. The van der Waals surface area contributed by atoms with Crippen molar-refractivity contribution >= 4 is 15.4 Å². The van der Waals surface area contributed by atoms with Crippen molar-refractivity contribution in [2.45, 2.75) is 29.7 Å². The molecule has 1 aliphatic carbocycles. The highest BCUT2D eigenvalue weighted by molar-refractivity contribution is 7.93. The third-order valence-corrected chi connectivity index (χ3v) is 6.42. The van der Waals surface area contributed by atoms with Crippen molar-refractivity contribution in [3.8, 4) is 17.6 Å². The topological polar surface area (TPSA) is 95.5 Å². The lowest BCUT2D eigenvalue weighted by Crippen LogP contribution is -2.24. The predicted molar refractivity (Wildman–Crippen MR) is 109 cm³/mol. The quantitative estimate of drug-likeness (QED) is 0.446. The molecule has 170 valence electrons. The lowest BCUT2D eigenvalue weighted by Gasteiger charge is -2.18. The van der Waals surface area contributed by atoms with Crippen LogP contribution in [0.5, 0.6) is 11.5 Å². The van der Waals surface area contributed by atoms with Crippen molar-refractivity contribution in [1.29, 1.82) is 10.0 Å². The first-order valence-electron chi connectivity index (χ1n) is 9.50. The molecular formula is C21H19F4N3O3S. The van der Waals surface area contributed by atoms with Gasteiger partial charge in [0.2, 0.25) is 0 Å². The summed E-state index contributed by atoms with van der Waals surface area (Å²) in [5.74, 6) is -0.596. The van der Waals surface area contributed by atoms with Crippen LogP contribution in [0.25, 0.3) is 0 Å². The maximum atomic E-state index is 13.8. The molecular weight excluding hydrogens is 450 g/mol. The molecule has 0 spiro atoms. The monoisotopic (exact) mass is 469 g/mol. The Morgan fingerprint density at radius 2 is 2.00 bits per heavy atom. The molecule has 1 N–H and O–H groups in total. The van der Waals surface area contributed by atoms with Gasteiger partial charge in [0.15, 0.2) is 9.73 Å². The molecule has 1 atom stereocenters. The Labute approximate surface area is 182 Å². The van der Waals surface area contributed by atoms with Gasteiger partial charge in [-0.25, -0.2) is 13.4 Å². The van der Waals surface area contributed by atoms with Crippen molar-refractivity contribution in [3.63, 3.8) is 0 Å². The van der Waals surface area contributed by atoms with E-state index in [1.54, 1.807) is 6.07 Å². The summed E-state index contributed by atoms with van der Waals surface area (Å²) in [5, 5.41) is 9.01. The zero-order valence-corrected chi connectivity index (χ0v) is 17.8. The number of alkyl halides is 3. The zero-order chi connectivity index (χ0) is 23.5. The smallest absolute Gasteiger partial charge is 0.457 e. The first-order chi connectivity index (χ1) is 15.1. The van der Waals surface area contributed by atoms with Crippen molar-refractivity contribution in [3.05, 3.63) is 52.8 Å². The van der Waals surface area contributed by atoms with Gasteiger partial charge in [-0.1, -0.05) is 0 Å². The minimum atomic E-state index is -5.27. The molecule has 1 unspecified atom stereocenters. The number of nitriles is 1. The van der Waals surface area contributed by atoms with Gasteiger partial charge >= 0.3 is 5.51 Å². The number of nitrogens with zero attached hydrogens (tertiary/aromatic N) is 2. The third-order valence-electron chi connectivity index (χ3n) is 4.81. The number of rotatable bonds is 7. The van der Waals surface area contributed by atoms with Gasteiger partial charge in [0.25, 0.3) is 0 Å². The summed E-state index contributed by atoms with van der Waals surface area (Å²) >= 11 is 0. The minimum absolute atomic E-state index is 0.00980. The second kappa shape index (κ2) is 9.26. The molecule has 0 bridgehead atoms. The molecule has 32 heavy (non-hydrogen) atoms. The summed E-state index contributed by atoms with van der Waals surface area (Å²) < 4.78 is 84.7. The molecule has 2 aromatic carbocycles. The Morgan fingerprint density at radius 3 is 2.66 bits per heavy atom. The van der Waals surface area contributed by atoms with E-state index >= 15 is 0 Å². The molecule has 6 nitrogen and oxygen atoms in total. The van der Waals surface area contributed by atoms with Crippen LogP contribution in [0, 0.1) is 21.9 Å². The molecule has 0 saturated carbocycles. The highest BCUT2D eigenvalue weighted by Gasteiger charge is 2.46. The number of halogens is 4. The second-order valence-corrected chi connectivity index (χ2v) is 9.00. The minimum Gasteiger partial charge on any atom is -0.457 e. The van der Waals surface area contributed by atoms with E-state index in [0.29, 0.717) is 24.3 Å². The van der Waals surface area contributed by atoms with Crippen LogP contribution >= 0.6 is 0 Å². The maximum Gasteiger partial charge on any atom is 0.483 e. The summed E-state index contributed by atoms with van der Waals surface area (Å²) in [6, 6.07) is 7.27. The van der Waals surface area contributed by atoms with Crippen molar-refractivity contribution in [1.82, 2.24) is 0 Å². The molecule has 0 saturated heterocycles. The van der Waals surface area contributed by atoms with Crippen LogP contribution in [0.15, 0.2) is 40.2 Å². The van der Waals surface area contributed by atoms with Crippen LogP contribution < -0.4 is 4.74 Å². The predicted octanol–water partition coefficient (Wildman–Crippen LogP) is 5.19. The van der Waals surface area contributed by atoms with E-state index in [-0.39, 0.29) is 42.0 Å². The number of fused-ring (bicyclic) bond motifs is 1. The first-order valence-corrected chi connectivity index (χ1v) is 11.1. The lowest BCUT2D eigenvalue weighted by atomic mass is 10.1. The number of ether oxygens (including phenoxy) is 2. The number of aliphatic imine (C=N–C) groups is 1. The van der Waals surface area contributed by atoms with E-state index < -0.39 is 26.0 Å². The van der Waals surface area contributed by atoms with Gasteiger partial charge in [-0.3, -0.25) is 4.99 Å². The first kappa shape index (κ1) is 23.7. The van der Waals surface area contributed by atoms with E-state index in [4.69, 9.17) is 19.5 Å². The number of hydrogen-bond acceptors (Lipinski definition) is 6. The molecule has 0 aromatic heterocycles. The third kappa shape index (κ3) is 4.76. The van der Waals surface area contributed by atoms with Crippen molar-refractivity contribution < 1.29 is 31.2 Å². The SMILES string of the molecule is COCCCN=C1CCc2c(Oc3cc(F)cc(C#N)c3)ccc(S(=N)(=O)C(F)(F)F)c21. The standard InChI is InChI=1S/C21H19F4N3O3S/c1-30-8-2-7-28-17-4-3-16-18(31-15-10-13(12-26)9-14(22)11-15)5-6-19(20(16)17)32(27,29)21(23,24)25/h5-6,9-11,27H,2-4,7-8H2,1H3. The Bertz CT molecular complexity index is 1200. The van der Waals surface area contributed by atoms with E-state index in [1.807, 2.05) is 0 Å². The fourth-order valence-corrected chi connectivity index (χ4v) is 4.43. The molecule has 3 rings (SSSR count). The van der Waals surface area contributed by atoms with Crippen molar-refractivity contribution in [2.75, 3.05) is 20.3 Å². The average Bonchev–Trinajstić information content (AvgIpc) is 3.14. The van der Waals surface area contributed by atoms with E-state index in [0.717, 1.165) is 18.2 Å². The van der Waals surface area contributed by atoms with Crippen LogP contribution in [0.4, 0.5) is 17.6 Å². The number of nitrogens with one attached hydrogen (secondary N) is 1. The van der Waals surface area contributed by atoms with Crippen LogP contribution in [0.1, 0.15) is 29.5 Å². The fraction of sp³-hybridized carbons (Fsp3) is 0.333. The Morgan fingerprint density at radius 1 is 1.25 bits per heavy atom. The summed E-state index contributed by atoms with van der Waals surface area (Å²) in [4.78, 5) is 3.68. The summed E-state index contributed by atoms with van der Waals surface area (Å²) in [5.41, 5.74) is -4.66. The van der Waals surface area contributed by atoms with Crippen molar-refractivity contribution in [2.24, 2.45) is 4.99 Å². The number of methoxy groups -OCH3 is 1. The summed E-state index contributed by atoms with van der Waals surface area (Å²) in [6.45, 7) is 0.700. The van der Waals surface area contributed by atoms with E-state index in [9.17, 15) is 21.8 Å². The summed E-state index contributed by atoms with van der Waals surface area (Å²) in [7, 11) is -3.62. The number of hydrogen-bond donors (Lipinski definition) is 1. The Kier molecular flexibility index (Phi) is 6.85.